The number of likely N-dealkylation sites (tertiary alicyclic amines) is 1. The smallest absolute Gasteiger partial charge is 0.257 e. The molecule has 1 amide bonds. The summed E-state index contributed by atoms with van der Waals surface area (Å²) < 4.78 is 10.8. The highest BCUT2D eigenvalue weighted by Crippen LogP contribution is 2.33. The van der Waals surface area contributed by atoms with Gasteiger partial charge in [-0.3, -0.25) is 4.79 Å². The second kappa shape index (κ2) is 9.17. The average molecular weight is 429 g/mol. The van der Waals surface area contributed by atoms with E-state index in [4.69, 9.17) is 9.47 Å². The van der Waals surface area contributed by atoms with Crippen molar-refractivity contribution in [2.45, 2.75) is 19.8 Å². The number of rotatable bonds is 5. The minimum atomic E-state index is -0.0187. The molecule has 1 aromatic carbocycles. The van der Waals surface area contributed by atoms with Crippen LogP contribution in [0.1, 0.15) is 28.9 Å². The normalized spacial score (nSPS) is 13.1. The Balaban J connectivity index is 0.00000256. The molecule has 0 saturated carbocycles. The zero-order chi connectivity index (χ0) is 20.4. The zero-order valence-corrected chi connectivity index (χ0v) is 18.1. The largest absolute Gasteiger partial charge is 0.497 e. The number of amides is 1. The number of anilines is 2. The number of fused-ring (bicyclic) bond motifs is 1. The third-order valence-corrected chi connectivity index (χ3v) is 5.11. The summed E-state index contributed by atoms with van der Waals surface area (Å²) in [5.74, 6) is 1.30. The average Bonchev–Trinajstić information content (AvgIpc) is 3.28. The number of carbonyl (C=O) groups is 1. The van der Waals surface area contributed by atoms with E-state index in [1.807, 2.05) is 36.1 Å². The number of methoxy groups -OCH3 is 2. The van der Waals surface area contributed by atoms with Crippen molar-refractivity contribution in [1.82, 2.24) is 14.9 Å². The van der Waals surface area contributed by atoms with E-state index in [1.165, 1.54) is 0 Å². The lowest BCUT2D eigenvalue weighted by Crippen LogP contribution is -2.28. The molecule has 1 aliphatic heterocycles. The van der Waals surface area contributed by atoms with Gasteiger partial charge in [0.15, 0.2) is 5.65 Å². The third-order valence-electron chi connectivity index (χ3n) is 5.11. The highest BCUT2D eigenvalue weighted by molar-refractivity contribution is 6.07. The number of hydrogen-bond donors (Lipinski definition) is 1. The van der Waals surface area contributed by atoms with Gasteiger partial charge in [-0.05, 0) is 31.9 Å². The first kappa shape index (κ1) is 21.6. The van der Waals surface area contributed by atoms with Crippen molar-refractivity contribution in [3.8, 4) is 11.5 Å². The predicted octanol–water partition coefficient (Wildman–Crippen LogP) is 4.36. The summed E-state index contributed by atoms with van der Waals surface area (Å²) in [5, 5.41) is 4.20. The molecule has 0 bridgehead atoms. The molecule has 0 spiro atoms. The maximum Gasteiger partial charge on any atom is 0.257 e. The van der Waals surface area contributed by atoms with E-state index in [0.717, 1.165) is 42.7 Å². The van der Waals surface area contributed by atoms with Crippen molar-refractivity contribution < 1.29 is 14.3 Å². The maximum absolute atomic E-state index is 13.2. The molecule has 3 heterocycles. The molecule has 7 nitrogen and oxygen atoms in total. The van der Waals surface area contributed by atoms with Gasteiger partial charge in [0.25, 0.3) is 5.91 Å². The van der Waals surface area contributed by atoms with Crippen LogP contribution in [0.15, 0.2) is 36.5 Å². The summed E-state index contributed by atoms with van der Waals surface area (Å²) >= 11 is 0. The van der Waals surface area contributed by atoms with Gasteiger partial charge in [0.05, 0.1) is 25.5 Å². The number of nitrogens with zero attached hydrogens (tertiary/aromatic N) is 3. The molecular weight excluding hydrogens is 404 g/mol. The molecule has 158 valence electrons. The molecule has 8 heteroatoms. The predicted molar refractivity (Wildman–Crippen MR) is 119 cm³/mol. The highest BCUT2D eigenvalue weighted by Gasteiger charge is 2.24. The zero-order valence-electron chi connectivity index (χ0n) is 17.3. The molecule has 0 atom stereocenters. The monoisotopic (exact) mass is 428 g/mol. The van der Waals surface area contributed by atoms with Crippen molar-refractivity contribution in [2.24, 2.45) is 0 Å². The second-order valence-electron chi connectivity index (χ2n) is 7.10. The Morgan fingerprint density at radius 3 is 2.37 bits per heavy atom. The van der Waals surface area contributed by atoms with Crippen LogP contribution < -0.4 is 14.8 Å². The lowest BCUT2D eigenvalue weighted by molar-refractivity contribution is 0.0793. The fraction of sp³-hybridized carbons (Fsp3) is 0.318. The Kier molecular flexibility index (Phi) is 6.62. The topological polar surface area (TPSA) is 76.6 Å². The van der Waals surface area contributed by atoms with Crippen molar-refractivity contribution in [3.63, 3.8) is 0 Å². The minimum Gasteiger partial charge on any atom is -0.497 e. The maximum atomic E-state index is 13.2. The van der Waals surface area contributed by atoms with E-state index in [-0.39, 0.29) is 18.3 Å². The van der Waals surface area contributed by atoms with E-state index in [0.29, 0.717) is 28.4 Å². The summed E-state index contributed by atoms with van der Waals surface area (Å²) in [6.07, 6.45) is 3.68. The Hall–Kier alpha value is -3.06. The van der Waals surface area contributed by atoms with Crippen LogP contribution in [0.4, 0.5) is 11.4 Å². The van der Waals surface area contributed by atoms with Gasteiger partial charge in [0.2, 0.25) is 0 Å². The number of nitrogens with one attached hydrogen (secondary N) is 1. The molecule has 0 aliphatic carbocycles. The molecule has 30 heavy (non-hydrogen) atoms. The van der Waals surface area contributed by atoms with Crippen molar-refractivity contribution in [3.05, 3.63) is 47.8 Å². The van der Waals surface area contributed by atoms with Gasteiger partial charge in [0.1, 0.15) is 11.5 Å². The molecule has 2 aromatic heterocycles. The number of carbonyl (C=O) groups excluding carboxylic acids is 1. The summed E-state index contributed by atoms with van der Waals surface area (Å²) in [6, 6.07) is 9.40. The lowest BCUT2D eigenvalue weighted by atomic mass is 10.1. The molecule has 1 N–H and O–H groups in total. The first-order valence-corrected chi connectivity index (χ1v) is 9.65. The van der Waals surface area contributed by atoms with Crippen LogP contribution in [-0.4, -0.2) is 48.1 Å². The third kappa shape index (κ3) is 4.26. The van der Waals surface area contributed by atoms with Gasteiger partial charge in [-0.15, -0.1) is 12.4 Å². The molecule has 4 rings (SSSR count). The molecule has 0 radical (unpaired) electrons. The Morgan fingerprint density at radius 1 is 1.07 bits per heavy atom. The number of aryl methyl sites for hydroxylation is 1. The Labute approximate surface area is 181 Å². The SMILES string of the molecule is COc1cc(Nc2c(C(=O)N3CCCC3)cnc3nc(C)ccc23)cc(OC)c1.Cl. The first-order chi connectivity index (χ1) is 14.1. The Morgan fingerprint density at radius 2 is 1.73 bits per heavy atom. The Bertz CT molecular complexity index is 1050. The van der Waals surface area contributed by atoms with E-state index >= 15 is 0 Å². The van der Waals surface area contributed by atoms with Gasteiger partial charge in [-0.25, -0.2) is 9.97 Å². The highest BCUT2D eigenvalue weighted by atomic mass is 35.5. The van der Waals surface area contributed by atoms with Crippen LogP contribution in [0.25, 0.3) is 11.0 Å². The van der Waals surface area contributed by atoms with Crippen LogP contribution in [0.3, 0.4) is 0 Å². The molecule has 1 saturated heterocycles. The van der Waals surface area contributed by atoms with Crippen LogP contribution in [0.2, 0.25) is 0 Å². The summed E-state index contributed by atoms with van der Waals surface area (Å²) in [4.78, 5) is 24.0. The minimum absolute atomic E-state index is 0. The summed E-state index contributed by atoms with van der Waals surface area (Å²) in [6.45, 7) is 3.47. The lowest BCUT2D eigenvalue weighted by Gasteiger charge is -2.20. The standard InChI is InChI=1S/C22H24N4O3.ClH/c1-14-6-7-18-20(25-15-10-16(28-2)12-17(11-15)29-3)19(13-23-21(18)24-14)22(27)26-8-4-5-9-26;/h6-7,10-13H,4-5,8-9H2,1-3H3,(H,23,24,25);1H. The van der Waals surface area contributed by atoms with Crippen LogP contribution in [0, 0.1) is 6.92 Å². The molecule has 1 fully saturated rings. The van der Waals surface area contributed by atoms with Crippen molar-refractivity contribution in [2.75, 3.05) is 32.6 Å². The number of pyridine rings is 2. The fourth-order valence-corrected chi connectivity index (χ4v) is 3.58. The van der Waals surface area contributed by atoms with Gasteiger partial charge < -0.3 is 19.7 Å². The summed E-state index contributed by atoms with van der Waals surface area (Å²) in [7, 11) is 3.21. The van der Waals surface area contributed by atoms with Crippen LogP contribution >= 0.6 is 12.4 Å². The number of halogens is 1. The fourth-order valence-electron chi connectivity index (χ4n) is 3.58. The van der Waals surface area contributed by atoms with E-state index in [1.54, 1.807) is 26.5 Å². The molecular formula is C22H25ClN4O3. The number of ether oxygens (including phenoxy) is 2. The van der Waals surface area contributed by atoms with E-state index in [2.05, 4.69) is 15.3 Å². The van der Waals surface area contributed by atoms with Gasteiger partial charge in [-0.1, -0.05) is 0 Å². The summed E-state index contributed by atoms with van der Waals surface area (Å²) in [5.41, 5.74) is 3.45. The first-order valence-electron chi connectivity index (χ1n) is 9.65. The van der Waals surface area contributed by atoms with Crippen LogP contribution in [0.5, 0.6) is 11.5 Å². The molecule has 0 unspecified atom stereocenters. The van der Waals surface area contributed by atoms with E-state index in [9.17, 15) is 4.79 Å². The molecule has 1 aliphatic rings. The number of benzene rings is 1. The van der Waals surface area contributed by atoms with Crippen LogP contribution in [-0.2, 0) is 0 Å². The van der Waals surface area contributed by atoms with Gasteiger partial charge in [0, 0.05) is 54.3 Å². The molecule has 3 aromatic rings. The quantitative estimate of drug-likeness (QED) is 0.650. The van der Waals surface area contributed by atoms with Gasteiger partial charge >= 0.3 is 0 Å². The number of hydrogen-bond acceptors (Lipinski definition) is 6. The van der Waals surface area contributed by atoms with Gasteiger partial charge in [-0.2, -0.15) is 0 Å². The van der Waals surface area contributed by atoms with Crippen molar-refractivity contribution >= 4 is 40.7 Å². The van der Waals surface area contributed by atoms with E-state index < -0.39 is 0 Å². The number of aromatic nitrogens is 2. The second-order valence-corrected chi connectivity index (χ2v) is 7.10. The van der Waals surface area contributed by atoms with Crippen molar-refractivity contribution in [1.29, 1.82) is 0 Å².